The number of halogens is 1. The molecule has 220 valence electrons. The van der Waals surface area contributed by atoms with Gasteiger partial charge in [0.1, 0.15) is 18.4 Å². The highest BCUT2D eigenvalue weighted by Gasteiger charge is 2.36. The predicted octanol–water partition coefficient (Wildman–Crippen LogP) is 4.30. The van der Waals surface area contributed by atoms with Crippen LogP contribution in [0.1, 0.15) is 37.5 Å². The fourth-order valence-corrected chi connectivity index (χ4v) is 5.40. The monoisotopic (exact) mass is 582 g/mol. The first-order chi connectivity index (χ1) is 19.2. The summed E-state index contributed by atoms with van der Waals surface area (Å²) in [5, 5.41) is 2.98. The molecule has 3 aromatic carbocycles. The van der Waals surface area contributed by atoms with Gasteiger partial charge in [-0.3, -0.25) is 9.59 Å². The molecule has 1 N–H and O–H groups in total. The zero-order chi connectivity index (χ0) is 30.4. The third-order valence-electron chi connectivity index (χ3n) is 6.51. The number of nitrogens with one attached hydrogen (secondary N) is 1. The number of para-hydroxylation sites is 1. The molecular formula is C31H39FN4O4S. The van der Waals surface area contributed by atoms with Gasteiger partial charge in [-0.2, -0.15) is 12.7 Å². The Balaban J connectivity index is 2.14. The summed E-state index contributed by atoms with van der Waals surface area (Å²) in [6.45, 7) is 6.79. The average molecular weight is 583 g/mol. The summed E-state index contributed by atoms with van der Waals surface area (Å²) in [5.41, 5.74) is 1.69. The topological polar surface area (TPSA) is 90.0 Å². The molecular weight excluding hydrogens is 543 g/mol. The van der Waals surface area contributed by atoms with Gasteiger partial charge in [-0.1, -0.05) is 66.7 Å². The van der Waals surface area contributed by atoms with Crippen LogP contribution in [-0.4, -0.2) is 61.7 Å². The first kappa shape index (κ1) is 31.8. The zero-order valence-corrected chi connectivity index (χ0v) is 25.3. The highest BCUT2D eigenvalue weighted by atomic mass is 32.2. The Kier molecular flexibility index (Phi) is 10.3. The van der Waals surface area contributed by atoms with E-state index >= 15 is 0 Å². The van der Waals surface area contributed by atoms with E-state index in [-0.39, 0.29) is 24.6 Å². The number of aryl methyl sites for hydroxylation is 1. The van der Waals surface area contributed by atoms with Crippen LogP contribution in [-0.2, 0) is 32.8 Å². The van der Waals surface area contributed by atoms with E-state index in [1.807, 2.05) is 82.3 Å². The van der Waals surface area contributed by atoms with E-state index in [9.17, 15) is 22.4 Å². The lowest BCUT2D eigenvalue weighted by atomic mass is 10.00. The predicted molar refractivity (Wildman–Crippen MR) is 160 cm³/mol. The smallest absolute Gasteiger partial charge is 0.304 e. The van der Waals surface area contributed by atoms with Crippen LogP contribution in [0.4, 0.5) is 10.1 Å². The van der Waals surface area contributed by atoms with Crippen LogP contribution in [0.15, 0.2) is 78.9 Å². The fraction of sp³-hybridized carbons (Fsp3) is 0.355. The summed E-state index contributed by atoms with van der Waals surface area (Å²) in [5.74, 6) is -1.81. The quantitative estimate of drug-likeness (QED) is 0.365. The van der Waals surface area contributed by atoms with Crippen LogP contribution in [0, 0.1) is 12.7 Å². The standard InChI is InChI=1S/C31H39FN4O4S/c1-23-14-10-11-17-25(23)21-35(28(30(38)33-31(2,3)4)20-24-15-8-7-9-16-24)29(37)22-36(41(39,40)34(5)6)27-19-13-12-18-26(27)32/h7-19,28H,20-22H2,1-6H3,(H,33,38). The first-order valence-electron chi connectivity index (χ1n) is 13.4. The van der Waals surface area contributed by atoms with Crippen LogP contribution < -0.4 is 9.62 Å². The number of benzene rings is 3. The van der Waals surface area contributed by atoms with Gasteiger partial charge in [0, 0.05) is 32.6 Å². The van der Waals surface area contributed by atoms with Crippen molar-refractivity contribution in [2.24, 2.45) is 0 Å². The fourth-order valence-electron chi connectivity index (χ4n) is 4.33. The minimum Gasteiger partial charge on any atom is -0.350 e. The van der Waals surface area contributed by atoms with Gasteiger partial charge in [0.2, 0.25) is 11.8 Å². The van der Waals surface area contributed by atoms with Crippen LogP contribution in [0.25, 0.3) is 0 Å². The van der Waals surface area contributed by atoms with Gasteiger partial charge in [-0.15, -0.1) is 0 Å². The maximum absolute atomic E-state index is 14.9. The zero-order valence-electron chi connectivity index (χ0n) is 24.5. The maximum Gasteiger partial charge on any atom is 0.304 e. The molecule has 0 aliphatic rings. The molecule has 0 bridgehead atoms. The van der Waals surface area contributed by atoms with Crippen molar-refractivity contribution in [3.8, 4) is 0 Å². The largest absolute Gasteiger partial charge is 0.350 e. The molecule has 0 spiro atoms. The molecule has 8 nitrogen and oxygen atoms in total. The van der Waals surface area contributed by atoms with E-state index in [1.165, 1.54) is 37.2 Å². The van der Waals surface area contributed by atoms with Gasteiger partial charge < -0.3 is 10.2 Å². The molecule has 10 heteroatoms. The number of nitrogens with zero attached hydrogens (tertiary/aromatic N) is 3. The second kappa shape index (κ2) is 13.3. The Morgan fingerprint density at radius 3 is 2.07 bits per heavy atom. The molecule has 3 rings (SSSR count). The number of rotatable bonds is 11. The second-order valence-corrected chi connectivity index (χ2v) is 13.2. The summed E-state index contributed by atoms with van der Waals surface area (Å²) in [4.78, 5) is 29.4. The number of hydrogen-bond donors (Lipinski definition) is 1. The van der Waals surface area contributed by atoms with Crippen LogP contribution in [0.5, 0.6) is 0 Å². The lowest BCUT2D eigenvalue weighted by molar-refractivity contribution is -0.140. The second-order valence-electron chi connectivity index (χ2n) is 11.1. The lowest BCUT2D eigenvalue weighted by Gasteiger charge is -2.36. The van der Waals surface area contributed by atoms with Crippen molar-refractivity contribution in [3.63, 3.8) is 0 Å². The van der Waals surface area contributed by atoms with Crippen LogP contribution >= 0.6 is 0 Å². The van der Waals surface area contributed by atoms with E-state index in [0.29, 0.717) is 0 Å². The third-order valence-corrected chi connectivity index (χ3v) is 8.32. The van der Waals surface area contributed by atoms with Gasteiger partial charge in [-0.25, -0.2) is 8.70 Å². The minimum absolute atomic E-state index is 0.0493. The van der Waals surface area contributed by atoms with Crippen LogP contribution in [0.3, 0.4) is 0 Å². The molecule has 2 amide bonds. The van der Waals surface area contributed by atoms with Crippen molar-refractivity contribution >= 4 is 27.7 Å². The highest BCUT2D eigenvalue weighted by Crippen LogP contribution is 2.25. The molecule has 0 fully saturated rings. The van der Waals surface area contributed by atoms with Gasteiger partial charge in [0.05, 0.1) is 5.69 Å². The molecule has 3 aromatic rings. The van der Waals surface area contributed by atoms with Gasteiger partial charge in [0.15, 0.2) is 0 Å². The number of carbonyl (C=O) groups is 2. The summed E-state index contributed by atoms with van der Waals surface area (Å²) in [6, 6.07) is 21.2. The van der Waals surface area contributed by atoms with Crippen molar-refractivity contribution in [1.82, 2.24) is 14.5 Å². The van der Waals surface area contributed by atoms with Gasteiger partial charge >= 0.3 is 10.2 Å². The molecule has 0 saturated heterocycles. The van der Waals surface area contributed by atoms with Crippen molar-refractivity contribution in [2.45, 2.75) is 52.2 Å². The van der Waals surface area contributed by atoms with Gasteiger partial charge in [0.25, 0.3) is 0 Å². The maximum atomic E-state index is 14.9. The van der Waals surface area contributed by atoms with Gasteiger partial charge in [-0.05, 0) is 56.5 Å². The molecule has 0 aromatic heterocycles. The highest BCUT2D eigenvalue weighted by molar-refractivity contribution is 7.90. The molecule has 0 heterocycles. The molecule has 0 radical (unpaired) electrons. The molecule has 1 unspecified atom stereocenters. The van der Waals surface area contributed by atoms with Crippen molar-refractivity contribution in [3.05, 3.63) is 101 Å². The van der Waals surface area contributed by atoms with Crippen molar-refractivity contribution in [2.75, 3.05) is 24.9 Å². The van der Waals surface area contributed by atoms with Crippen molar-refractivity contribution < 1.29 is 22.4 Å². The number of carbonyl (C=O) groups excluding carboxylic acids is 2. The Morgan fingerprint density at radius 2 is 1.49 bits per heavy atom. The molecule has 0 aliphatic heterocycles. The third kappa shape index (κ3) is 8.37. The molecule has 41 heavy (non-hydrogen) atoms. The Labute approximate surface area is 243 Å². The lowest BCUT2D eigenvalue weighted by Crippen LogP contribution is -2.56. The van der Waals surface area contributed by atoms with E-state index in [0.717, 1.165) is 31.4 Å². The van der Waals surface area contributed by atoms with E-state index in [4.69, 9.17) is 0 Å². The Morgan fingerprint density at radius 1 is 0.902 bits per heavy atom. The Bertz CT molecular complexity index is 1460. The summed E-state index contributed by atoms with van der Waals surface area (Å²) in [6.07, 6.45) is 0.195. The minimum atomic E-state index is -4.28. The molecule has 0 aliphatic carbocycles. The van der Waals surface area contributed by atoms with E-state index < -0.39 is 40.1 Å². The van der Waals surface area contributed by atoms with Crippen molar-refractivity contribution in [1.29, 1.82) is 0 Å². The molecule has 1 atom stereocenters. The number of anilines is 1. The van der Waals surface area contributed by atoms with E-state index in [2.05, 4.69) is 5.32 Å². The summed E-state index contributed by atoms with van der Waals surface area (Å²) < 4.78 is 43.3. The SMILES string of the molecule is Cc1ccccc1CN(C(=O)CN(c1ccccc1F)S(=O)(=O)N(C)C)C(Cc1ccccc1)C(=O)NC(C)(C)C. The van der Waals surface area contributed by atoms with Crippen LogP contribution in [0.2, 0.25) is 0 Å². The Hall–Kier alpha value is -3.76. The number of amides is 2. The summed E-state index contributed by atoms with van der Waals surface area (Å²) in [7, 11) is -1.65. The number of hydrogen-bond acceptors (Lipinski definition) is 4. The summed E-state index contributed by atoms with van der Waals surface area (Å²) >= 11 is 0. The van der Waals surface area contributed by atoms with E-state index in [1.54, 1.807) is 0 Å². The normalized spacial score (nSPS) is 12.6. The molecule has 0 saturated carbocycles. The first-order valence-corrected chi connectivity index (χ1v) is 14.7. The average Bonchev–Trinajstić information content (AvgIpc) is 2.90.